The van der Waals surface area contributed by atoms with Crippen molar-refractivity contribution in [3.05, 3.63) is 42.6 Å². The van der Waals surface area contributed by atoms with Gasteiger partial charge >= 0.3 is 0 Å². The van der Waals surface area contributed by atoms with Crippen LogP contribution in [0, 0.1) is 0 Å². The fraction of sp³-hybridized carbons (Fsp3) is 0.529. The molecule has 0 saturated carbocycles. The van der Waals surface area contributed by atoms with Crippen LogP contribution >= 0.6 is 0 Å². The van der Waals surface area contributed by atoms with Crippen LogP contribution in [0.25, 0.3) is 5.82 Å². The number of likely N-dealkylation sites (tertiary alicyclic amines) is 1. The summed E-state index contributed by atoms with van der Waals surface area (Å²) in [7, 11) is 0. The molecule has 0 bridgehead atoms. The Hall–Kier alpha value is -1.72. The summed E-state index contributed by atoms with van der Waals surface area (Å²) in [6.07, 6.45) is 10.3. The van der Waals surface area contributed by atoms with Crippen molar-refractivity contribution in [1.82, 2.24) is 19.4 Å². The number of ether oxygens (including phenoxy) is 1. The summed E-state index contributed by atoms with van der Waals surface area (Å²) in [5, 5.41) is 0. The molecule has 2 aromatic heterocycles. The lowest BCUT2D eigenvalue weighted by Gasteiger charge is -2.35. The van der Waals surface area contributed by atoms with Gasteiger partial charge in [0.05, 0.1) is 11.7 Å². The Morgan fingerprint density at radius 1 is 1.14 bits per heavy atom. The third kappa shape index (κ3) is 2.66. The Labute approximate surface area is 130 Å². The van der Waals surface area contributed by atoms with E-state index >= 15 is 0 Å². The minimum absolute atomic E-state index is 0.451. The van der Waals surface area contributed by atoms with Gasteiger partial charge in [-0.25, -0.2) is 9.97 Å². The zero-order chi connectivity index (χ0) is 14.8. The molecular weight excluding hydrogens is 276 g/mol. The molecule has 0 N–H and O–H groups in total. The Bertz CT molecular complexity index is 607. The molecule has 116 valence electrons. The molecule has 2 fully saturated rings. The highest BCUT2D eigenvalue weighted by Crippen LogP contribution is 2.35. The molecule has 4 heterocycles. The van der Waals surface area contributed by atoms with E-state index in [0.717, 1.165) is 31.9 Å². The highest BCUT2D eigenvalue weighted by molar-refractivity contribution is 5.26. The van der Waals surface area contributed by atoms with E-state index in [1.807, 2.05) is 16.8 Å². The van der Waals surface area contributed by atoms with Crippen LogP contribution in [0.5, 0.6) is 0 Å². The van der Waals surface area contributed by atoms with Crippen molar-refractivity contribution in [1.29, 1.82) is 0 Å². The SMILES string of the molecule is c1cc([C@H]2CCCN2C2CCOCC2)nc(-n2ccnc2)c1. The molecule has 0 aliphatic carbocycles. The van der Waals surface area contributed by atoms with Gasteiger partial charge in [-0.15, -0.1) is 0 Å². The molecule has 22 heavy (non-hydrogen) atoms. The lowest BCUT2D eigenvalue weighted by Crippen LogP contribution is -2.39. The van der Waals surface area contributed by atoms with E-state index in [1.54, 1.807) is 12.5 Å². The van der Waals surface area contributed by atoms with Gasteiger partial charge in [0.1, 0.15) is 12.1 Å². The number of imidazole rings is 1. The van der Waals surface area contributed by atoms with E-state index in [4.69, 9.17) is 9.72 Å². The van der Waals surface area contributed by atoms with Crippen LogP contribution in [-0.4, -0.2) is 45.2 Å². The van der Waals surface area contributed by atoms with Gasteiger partial charge in [-0.1, -0.05) is 6.07 Å². The predicted molar refractivity (Wildman–Crippen MR) is 83.9 cm³/mol. The molecule has 0 radical (unpaired) electrons. The van der Waals surface area contributed by atoms with Gasteiger partial charge in [0.15, 0.2) is 0 Å². The quantitative estimate of drug-likeness (QED) is 0.873. The number of rotatable bonds is 3. The maximum Gasteiger partial charge on any atom is 0.138 e. The van der Waals surface area contributed by atoms with Crippen molar-refractivity contribution in [3.8, 4) is 5.82 Å². The van der Waals surface area contributed by atoms with Crippen LogP contribution in [0.3, 0.4) is 0 Å². The normalized spacial score (nSPS) is 23.9. The summed E-state index contributed by atoms with van der Waals surface area (Å²) in [4.78, 5) is 11.7. The summed E-state index contributed by atoms with van der Waals surface area (Å²) in [6, 6.07) is 7.42. The van der Waals surface area contributed by atoms with Crippen LogP contribution in [0.2, 0.25) is 0 Å². The number of aromatic nitrogens is 3. The molecule has 0 spiro atoms. The fourth-order valence-electron chi connectivity index (χ4n) is 3.72. The van der Waals surface area contributed by atoms with Crippen LogP contribution < -0.4 is 0 Å². The van der Waals surface area contributed by atoms with Crippen molar-refractivity contribution >= 4 is 0 Å². The molecular formula is C17H22N4O. The largest absolute Gasteiger partial charge is 0.381 e. The molecule has 0 amide bonds. The summed E-state index contributed by atoms with van der Waals surface area (Å²) >= 11 is 0. The smallest absolute Gasteiger partial charge is 0.138 e. The topological polar surface area (TPSA) is 43.2 Å². The van der Waals surface area contributed by atoms with Crippen LogP contribution in [-0.2, 0) is 4.74 Å². The van der Waals surface area contributed by atoms with Gasteiger partial charge in [0.2, 0.25) is 0 Å². The van der Waals surface area contributed by atoms with Crippen molar-refractivity contribution in [2.45, 2.75) is 37.8 Å². The Morgan fingerprint density at radius 3 is 2.86 bits per heavy atom. The van der Waals surface area contributed by atoms with Gasteiger partial charge in [-0.05, 0) is 44.4 Å². The Balaban J connectivity index is 1.59. The number of pyridine rings is 1. The fourth-order valence-corrected chi connectivity index (χ4v) is 3.72. The van der Waals surface area contributed by atoms with Gasteiger partial charge in [-0.2, -0.15) is 0 Å². The summed E-state index contributed by atoms with van der Waals surface area (Å²) in [5.74, 6) is 0.953. The lowest BCUT2D eigenvalue weighted by molar-refractivity contribution is 0.0285. The Kier molecular flexibility index (Phi) is 3.91. The van der Waals surface area contributed by atoms with Crippen molar-refractivity contribution in [3.63, 3.8) is 0 Å². The molecule has 4 rings (SSSR count). The number of nitrogens with zero attached hydrogens (tertiary/aromatic N) is 4. The van der Waals surface area contributed by atoms with Crippen LogP contribution in [0.4, 0.5) is 0 Å². The van der Waals surface area contributed by atoms with E-state index in [2.05, 4.69) is 22.0 Å². The average Bonchev–Trinajstić information content (AvgIpc) is 3.27. The first-order chi connectivity index (χ1) is 10.9. The first-order valence-electron chi connectivity index (χ1n) is 8.20. The number of hydrogen-bond donors (Lipinski definition) is 0. The second kappa shape index (κ2) is 6.18. The third-order valence-electron chi connectivity index (χ3n) is 4.82. The summed E-state index contributed by atoms with van der Waals surface area (Å²) in [6.45, 7) is 2.99. The van der Waals surface area contributed by atoms with Gasteiger partial charge < -0.3 is 4.74 Å². The average molecular weight is 298 g/mol. The molecule has 2 aliphatic heterocycles. The standard InChI is InChI=1S/C17H22N4O/c1-3-15(19-17(5-1)20-10-8-18-13-20)16-4-2-9-21(16)14-6-11-22-12-7-14/h1,3,5,8,10,13-14,16H,2,4,6-7,9,11-12H2/t16-/m1/s1. The monoisotopic (exact) mass is 298 g/mol. The first-order valence-corrected chi connectivity index (χ1v) is 8.20. The van der Waals surface area contributed by atoms with Crippen molar-refractivity contribution < 1.29 is 4.74 Å². The zero-order valence-electron chi connectivity index (χ0n) is 12.8. The highest BCUT2D eigenvalue weighted by Gasteiger charge is 2.33. The van der Waals surface area contributed by atoms with Gasteiger partial charge in [-0.3, -0.25) is 9.47 Å². The second-order valence-electron chi connectivity index (χ2n) is 6.13. The van der Waals surface area contributed by atoms with Crippen LogP contribution in [0.15, 0.2) is 36.9 Å². The van der Waals surface area contributed by atoms with E-state index in [1.165, 1.54) is 25.1 Å². The van der Waals surface area contributed by atoms with Gasteiger partial charge in [0, 0.05) is 31.6 Å². The minimum Gasteiger partial charge on any atom is -0.381 e. The number of hydrogen-bond acceptors (Lipinski definition) is 4. The Morgan fingerprint density at radius 2 is 2.05 bits per heavy atom. The molecule has 0 unspecified atom stereocenters. The minimum atomic E-state index is 0.451. The molecule has 1 atom stereocenters. The molecule has 5 nitrogen and oxygen atoms in total. The third-order valence-corrected chi connectivity index (χ3v) is 4.82. The van der Waals surface area contributed by atoms with Crippen molar-refractivity contribution in [2.24, 2.45) is 0 Å². The molecule has 2 aliphatic rings. The molecule has 0 aromatic carbocycles. The lowest BCUT2D eigenvalue weighted by atomic mass is 10.0. The molecule has 2 saturated heterocycles. The van der Waals surface area contributed by atoms with E-state index in [9.17, 15) is 0 Å². The maximum atomic E-state index is 5.52. The second-order valence-corrected chi connectivity index (χ2v) is 6.13. The zero-order valence-corrected chi connectivity index (χ0v) is 12.8. The highest BCUT2D eigenvalue weighted by atomic mass is 16.5. The van der Waals surface area contributed by atoms with E-state index in [0.29, 0.717) is 12.1 Å². The molecule has 5 heteroatoms. The predicted octanol–water partition coefficient (Wildman–Crippen LogP) is 2.58. The summed E-state index contributed by atoms with van der Waals surface area (Å²) < 4.78 is 7.49. The van der Waals surface area contributed by atoms with E-state index in [-0.39, 0.29) is 0 Å². The summed E-state index contributed by atoms with van der Waals surface area (Å²) in [5.41, 5.74) is 1.19. The van der Waals surface area contributed by atoms with Crippen LogP contribution in [0.1, 0.15) is 37.4 Å². The maximum absolute atomic E-state index is 5.52. The van der Waals surface area contributed by atoms with E-state index < -0.39 is 0 Å². The van der Waals surface area contributed by atoms with Gasteiger partial charge in [0.25, 0.3) is 0 Å². The van der Waals surface area contributed by atoms with Crippen molar-refractivity contribution in [2.75, 3.05) is 19.8 Å². The first kappa shape index (κ1) is 13.9. The molecule has 2 aromatic rings.